The fraction of sp³-hybridized carbons (Fsp3) is 0.333. The average Bonchev–Trinajstić information content (AvgIpc) is 2.53. The third kappa shape index (κ3) is 3.36. The van der Waals surface area contributed by atoms with Gasteiger partial charge in [-0.2, -0.15) is 0 Å². The molecule has 4 unspecified atom stereocenters. The minimum Gasteiger partial charge on any atom is -0.383 e. The van der Waals surface area contributed by atoms with Crippen molar-refractivity contribution in [3.8, 4) is 0 Å². The molecule has 0 aromatic heterocycles. The summed E-state index contributed by atoms with van der Waals surface area (Å²) in [5, 5.41) is 21.1. The van der Waals surface area contributed by atoms with Gasteiger partial charge in [0.05, 0.1) is 0 Å². The zero-order chi connectivity index (χ0) is 16.2. The molecule has 2 aromatic carbocycles. The van der Waals surface area contributed by atoms with E-state index in [1.54, 1.807) is 6.92 Å². The highest BCUT2D eigenvalue weighted by atomic mass is 16.3. The molecule has 0 saturated carbocycles. The molecule has 0 aliphatic heterocycles. The predicted molar refractivity (Wildman–Crippen MR) is 88.0 cm³/mol. The molecule has 6 N–H and O–H groups in total. The summed E-state index contributed by atoms with van der Waals surface area (Å²) >= 11 is 0. The molecule has 2 rings (SSSR count). The minimum absolute atomic E-state index is 0.219. The summed E-state index contributed by atoms with van der Waals surface area (Å²) in [5.41, 5.74) is 12.1. The Morgan fingerprint density at radius 3 is 1.91 bits per heavy atom. The van der Waals surface area contributed by atoms with Crippen LogP contribution in [0.25, 0.3) is 0 Å². The Kier molecular flexibility index (Phi) is 5.32. The fourth-order valence-electron chi connectivity index (χ4n) is 2.98. The van der Waals surface area contributed by atoms with Gasteiger partial charge in [-0.15, -0.1) is 0 Å². The Bertz CT molecular complexity index is 572. The van der Waals surface area contributed by atoms with Gasteiger partial charge in [-0.1, -0.05) is 60.7 Å². The van der Waals surface area contributed by atoms with Gasteiger partial charge >= 0.3 is 0 Å². The molecule has 4 heteroatoms. The lowest BCUT2D eigenvalue weighted by Gasteiger charge is -2.40. The van der Waals surface area contributed by atoms with Crippen LogP contribution in [0.4, 0.5) is 0 Å². The number of benzene rings is 2. The summed E-state index contributed by atoms with van der Waals surface area (Å²) in [7, 11) is 0. The standard InChI is InChI=1S/C18H24N2O2/c1-13(19)18(22,15-10-6-3-7-11-15)16(12-17(20)21)14-8-4-2-5-9-14/h2-11,13,16-17,21-22H,12,19-20H2,1H3. The van der Waals surface area contributed by atoms with E-state index in [0.717, 1.165) is 11.1 Å². The van der Waals surface area contributed by atoms with Gasteiger partial charge < -0.3 is 21.7 Å². The molecule has 0 aliphatic carbocycles. The van der Waals surface area contributed by atoms with Crippen LogP contribution < -0.4 is 11.5 Å². The maximum atomic E-state index is 11.4. The predicted octanol–water partition coefficient (Wildman–Crippen LogP) is 1.67. The first-order chi connectivity index (χ1) is 10.5. The summed E-state index contributed by atoms with van der Waals surface area (Å²) in [4.78, 5) is 0. The maximum Gasteiger partial charge on any atom is 0.111 e. The van der Waals surface area contributed by atoms with E-state index < -0.39 is 23.8 Å². The van der Waals surface area contributed by atoms with Crippen LogP contribution in [0.2, 0.25) is 0 Å². The Hall–Kier alpha value is -1.72. The van der Waals surface area contributed by atoms with Gasteiger partial charge in [0.15, 0.2) is 0 Å². The summed E-state index contributed by atoms with van der Waals surface area (Å²) in [6.45, 7) is 1.77. The molecule has 0 aliphatic rings. The van der Waals surface area contributed by atoms with Crippen LogP contribution in [0.15, 0.2) is 60.7 Å². The number of hydrogen-bond acceptors (Lipinski definition) is 4. The largest absolute Gasteiger partial charge is 0.383 e. The van der Waals surface area contributed by atoms with Crippen molar-refractivity contribution >= 4 is 0 Å². The molecule has 0 amide bonds. The maximum absolute atomic E-state index is 11.4. The quantitative estimate of drug-likeness (QED) is 0.611. The molecular formula is C18H24N2O2. The van der Waals surface area contributed by atoms with E-state index in [1.807, 2.05) is 60.7 Å². The second-order valence-electron chi connectivity index (χ2n) is 5.75. The topological polar surface area (TPSA) is 92.5 Å². The highest BCUT2D eigenvalue weighted by Crippen LogP contribution is 2.41. The second kappa shape index (κ2) is 7.03. The Morgan fingerprint density at radius 1 is 0.955 bits per heavy atom. The first-order valence-electron chi connectivity index (χ1n) is 7.48. The lowest BCUT2D eigenvalue weighted by Crippen LogP contribution is -2.49. The van der Waals surface area contributed by atoms with Crippen LogP contribution in [-0.4, -0.2) is 22.5 Å². The molecule has 0 fully saturated rings. The summed E-state index contributed by atoms with van der Waals surface area (Å²) < 4.78 is 0. The van der Waals surface area contributed by atoms with Crippen molar-refractivity contribution in [2.45, 2.75) is 37.1 Å². The van der Waals surface area contributed by atoms with E-state index >= 15 is 0 Å². The van der Waals surface area contributed by atoms with E-state index in [-0.39, 0.29) is 6.42 Å². The van der Waals surface area contributed by atoms with Gasteiger partial charge in [0.1, 0.15) is 11.8 Å². The van der Waals surface area contributed by atoms with Crippen LogP contribution in [0.1, 0.15) is 30.4 Å². The van der Waals surface area contributed by atoms with E-state index in [2.05, 4.69) is 0 Å². The van der Waals surface area contributed by atoms with Crippen molar-refractivity contribution in [1.82, 2.24) is 0 Å². The van der Waals surface area contributed by atoms with Crippen molar-refractivity contribution in [3.63, 3.8) is 0 Å². The van der Waals surface area contributed by atoms with Crippen LogP contribution in [0.3, 0.4) is 0 Å². The van der Waals surface area contributed by atoms with Gasteiger partial charge in [-0.05, 0) is 24.5 Å². The van der Waals surface area contributed by atoms with Crippen molar-refractivity contribution in [2.75, 3.05) is 0 Å². The molecule has 118 valence electrons. The lowest BCUT2D eigenvalue weighted by molar-refractivity contribution is -0.0278. The number of rotatable bonds is 6. The molecule has 4 nitrogen and oxygen atoms in total. The Labute approximate surface area is 131 Å². The monoisotopic (exact) mass is 300 g/mol. The van der Waals surface area contributed by atoms with Crippen LogP contribution >= 0.6 is 0 Å². The van der Waals surface area contributed by atoms with E-state index in [1.165, 1.54) is 0 Å². The number of aliphatic hydroxyl groups is 2. The van der Waals surface area contributed by atoms with E-state index in [4.69, 9.17) is 11.5 Å². The third-order valence-electron chi connectivity index (χ3n) is 4.14. The molecule has 0 saturated heterocycles. The average molecular weight is 300 g/mol. The molecule has 0 radical (unpaired) electrons. The zero-order valence-corrected chi connectivity index (χ0v) is 12.8. The number of aliphatic hydroxyl groups excluding tert-OH is 1. The highest BCUT2D eigenvalue weighted by molar-refractivity contribution is 5.33. The van der Waals surface area contributed by atoms with E-state index in [0.29, 0.717) is 0 Å². The van der Waals surface area contributed by atoms with Crippen LogP contribution in [0, 0.1) is 0 Å². The van der Waals surface area contributed by atoms with Gasteiger partial charge in [0.2, 0.25) is 0 Å². The highest BCUT2D eigenvalue weighted by Gasteiger charge is 2.43. The lowest BCUT2D eigenvalue weighted by atomic mass is 9.71. The summed E-state index contributed by atoms with van der Waals surface area (Å²) in [6, 6.07) is 18.3. The molecule has 4 atom stereocenters. The SMILES string of the molecule is CC(N)C(O)(c1ccccc1)C(CC(N)O)c1ccccc1. The van der Waals surface area contributed by atoms with Gasteiger partial charge in [-0.3, -0.25) is 0 Å². The summed E-state index contributed by atoms with van der Waals surface area (Å²) in [6.07, 6.45) is -0.809. The number of nitrogens with two attached hydrogens (primary N) is 2. The minimum atomic E-state index is -1.32. The Morgan fingerprint density at radius 2 is 1.45 bits per heavy atom. The van der Waals surface area contributed by atoms with Gasteiger partial charge in [0.25, 0.3) is 0 Å². The molecule has 0 heterocycles. The second-order valence-corrected chi connectivity index (χ2v) is 5.75. The molecule has 0 spiro atoms. The molecule has 22 heavy (non-hydrogen) atoms. The van der Waals surface area contributed by atoms with Crippen molar-refractivity contribution in [2.24, 2.45) is 11.5 Å². The first-order valence-corrected chi connectivity index (χ1v) is 7.48. The van der Waals surface area contributed by atoms with Gasteiger partial charge in [0, 0.05) is 12.0 Å². The van der Waals surface area contributed by atoms with Crippen molar-refractivity contribution in [1.29, 1.82) is 0 Å². The number of hydrogen-bond donors (Lipinski definition) is 4. The Balaban J connectivity index is 2.54. The van der Waals surface area contributed by atoms with Crippen LogP contribution in [-0.2, 0) is 5.60 Å². The van der Waals surface area contributed by atoms with E-state index in [9.17, 15) is 10.2 Å². The third-order valence-corrected chi connectivity index (χ3v) is 4.14. The molecular weight excluding hydrogens is 276 g/mol. The first kappa shape index (κ1) is 16.6. The normalized spacial score (nSPS) is 18.2. The van der Waals surface area contributed by atoms with Crippen molar-refractivity contribution in [3.05, 3.63) is 71.8 Å². The smallest absolute Gasteiger partial charge is 0.111 e. The summed E-state index contributed by atoms with van der Waals surface area (Å²) in [5.74, 6) is -0.406. The van der Waals surface area contributed by atoms with Crippen LogP contribution in [0.5, 0.6) is 0 Å². The van der Waals surface area contributed by atoms with Crippen molar-refractivity contribution < 1.29 is 10.2 Å². The zero-order valence-electron chi connectivity index (χ0n) is 12.8. The fourth-order valence-corrected chi connectivity index (χ4v) is 2.98. The van der Waals surface area contributed by atoms with Gasteiger partial charge in [-0.25, -0.2) is 0 Å². The molecule has 0 bridgehead atoms. The molecule has 2 aromatic rings.